The minimum absolute atomic E-state index is 0.253. The van der Waals surface area contributed by atoms with Gasteiger partial charge >= 0.3 is 0 Å². The Kier molecular flexibility index (Phi) is 6.18. The number of benzene rings is 1. The van der Waals surface area contributed by atoms with E-state index in [1.54, 1.807) is 6.92 Å². The monoisotopic (exact) mass is 352 g/mol. The summed E-state index contributed by atoms with van der Waals surface area (Å²) in [6.45, 7) is 14.5. The highest BCUT2D eigenvalue weighted by atomic mass is 16.3. The minimum Gasteiger partial charge on any atom is -0.395 e. The van der Waals surface area contributed by atoms with Gasteiger partial charge in [0.15, 0.2) is 0 Å². The summed E-state index contributed by atoms with van der Waals surface area (Å²) in [6.07, 6.45) is 0. The van der Waals surface area contributed by atoms with Crippen molar-refractivity contribution < 1.29 is 20.4 Å². The molecule has 0 radical (unpaired) electrons. The van der Waals surface area contributed by atoms with E-state index in [-0.39, 0.29) is 10.8 Å². The normalized spacial score (nSPS) is 16.0. The maximum absolute atomic E-state index is 11.6. The zero-order valence-corrected chi connectivity index (χ0v) is 17.1. The smallest absolute Gasteiger partial charge is 0.0996 e. The molecule has 0 amide bonds. The van der Waals surface area contributed by atoms with E-state index in [9.17, 15) is 20.4 Å². The molecule has 1 rings (SSSR count). The van der Waals surface area contributed by atoms with Crippen LogP contribution in [0.2, 0.25) is 0 Å². The Morgan fingerprint density at radius 2 is 1.04 bits per heavy atom. The SMILES string of the molecule is Cc1cc(C(C)(C)C)c(C(C)(O)C(CO)(CO)CO)c(C(C)(C)C)c1. The molecular weight excluding hydrogens is 316 g/mol. The second-order valence-corrected chi connectivity index (χ2v) is 9.56. The number of aliphatic hydroxyl groups is 4. The molecule has 144 valence electrons. The van der Waals surface area contributed by atoms with Gasteiger partial charge in [0.05, 0.1) is 30.8 Å². The summed E-state index contributed by atoms with van der Waals surface area (Å²) in [5.41, 5.74) is 0.151. The van der Waals surface area contributed by atoms with E-state index in [0.29, 0.717) is 5.56 Å². The van der Waals surface area contributed by atoms with Crippen molar-refractivity contribution in [3.63, 3.8) is 0 Å². The second-order valence-electron chi connectivity index (χ2n) is 9.56. The highest BCUT2D eigenvalue weighted by Gasteiger charge is 2.50. The Hall–Kier alpha value is -0.940. The van der Waals surface area contributed by atoms with Gasteiger partial charge in [-0.25, -0.2) is 0 Å². The van der Waals surface area contributed by atoms with Crippen LogP contribution in [0, 0.1) is 12.3 Å². The van der Waals surface area contributed by atoms with Crippen molar-refractivity contribution in [1.29, 1.82) is 0 Å². The highest BCUT2D eigenvalue weighted by molar-refractivity contribution is 5.49. The Balaban J connectivity index is 4.01. The van der Waals surface area contributed by atoms with Gasteiger partial charge in [-0.05, 0) is 41.4 Å². The minimum atomic E-state index is -1.61. The van der Waals surface area contributed by atoms with Crippen molar-refractivity contribution >= 4 is 0 Å². The van der Waals surface area contributed by atoms with E-state index in [4.69, 9.17) is 0 Å². The lowest BCUT2D eigenvalue weighted by atomic mass is 9.63. The van der Waals surface area contributed by atoms with Crippen LogP contribution < -0.4 is 0 Å². The molecule has 0 bridgehead atoms. The molecular formula is C21H36O4. The molecule has 0 aliphatic rings. The number of aliphatic hydroxyl groups excluding tert-OH is 3. The largest absolute Gasteiger partial charge is 0.395 e. The average Bonchev–Trinajstić information content (AvgIpc) is 2.46. The Morgan fingerprint density at radius 3 is 1.28 bits per heavy atom. The zero-order valence-electron chi connectivity index (χ0n) is 17.1. The van der Waals surface area contributed by atoms with Crippen LogP contribution in [0.4, 0.5) is 0 Å². The number of hydrogen-bond acceptors (Lipinski definition) is 4. The van der Waals surface area contributed by atoms with Gasteiger partial charge in [-0.3, -0.25) is 0 Å². The van der Waals surface area contributed by atoms with Crippen LogP contribution in [-0.4, -0.2) is 40.2 Å². The van der Waals surface area contributed by atoms with Crippen molar-refractivity contribution in [1.82, 2.24) is 0 Å². The van der Waals surface area contributed by atoms with Gasteiger partial charge in [-0.1, -0.05) is 59.2 Å². The lowest BCUT2D eigenvalue weighted by Gasteiger charge is -2.46. The van der Waals surface area contributed by atoms with Crippen LogP contribution in [0.5, 0.6) is 0 Å². The van der Waals surface area contributed by atoms with Gasteiger partial charge in [0, 0.05) is 0 Å². The van der Waals surface area contributed by atoms with Crippen molar-refractivity contribution in [2.45, 2.75) is 71.8 Å². The summed E-state index contributed by atoms with van der Waals surface area (Å²) in [7, 11) is 0. The number of hydrogen-bond donors (Lipinski definition) is 4. The Bertz CT molecular complexity index is 556. The van der Waals surface area contributed by atoms with Crippen molar-refractivity contribution in [3.05, 3.63) is 34.4 Å². The van der Waals surface area contributed by atoms with Gasteiger partial charge in [-0.15, -0.1) is 0 Å². The molecule has 4 nitrogen and oxygen atoms in total. The van der Waals surface area contributed by atoms with Crippen LogP contribution in [0.15, 0.2) is 12.1 Å². The van der Waals surface area contributed by atoms with E-state index in [1.165, 1.54) is 0 Å². The fourth-order valence-corrected chi connectivity index (χ4v) is 3.37. The molecule has 0 fully saturated rings. The van der Waals surface area contributed by atoms with Crippen LogP contribution in [0.3, 0.4) is 0 Å². The van der Waals surface area contributed by atoms with Gasteiger partial charge < -0.3 is 20.4 Å². The molecule has 0 aliphatic heterocycles. The first-order chi connectivity index (χ1) is 11.2. The molecule has 25 heavy (non-hydrogen) atoms. The molecule has 1 aromatic rings. The van der Waals surface area contributed by atoms with E-state index < -0.39 is 30.8 Å². The standard InChI is InChI=1S/C21H36O4/c1-14-9-15(18(2,3)4)17(16(10-14)19(5,6)7)20(8,25)21(11-22,12-23)13-24/h9-10,22-25H,11-13H2,1-8H3. The summed E-state index contributed by atoms with van der Waals surface area (Å²) in [6, 6.07) is 4.10. The quantitative estimate of drug-likeness (QED) is 0.657. The Labute approximate surface area is 152 Å². The lowest BCUT2D eigenvalue weighted by molar-refractivity contribution is -0.150. The average molecular weight is 353 g/mol. The summed E-state index contributed by atoms with van der Waals surface area (Å²) >= 11 is 0. The molecule has 4 heteroatoms. The van der Waals surface area contributed by atoms with Crippen LogP contribution >= 0.6 is 0 Å². The van der Waals surface area contributed by atoms with E-state index in [1.807, 2.05) is 6.92 Å². The lowest BCUT2D eigenvalue weighted by Crippen LogP contribution is -2.53. The summed E-state index contributed by atoms with van der Waals surface area (Å²) in [5, 5.41) is 41.4. The molecule has 0 saturated heterocycles. The third-order valence-electron chi connectivity index (χ3n) is 5.33. The van der Waals surface area contributed by atoms with E-state index in [2.05, 4.69) is 53.7 Å². The van der Waals surface area contributed by atoms with Crippen molar-refractivity contribution in [2.75, 3.05) is 19.8 Å². The van der Waals surface area contributed by atoms with Crippen LogP contribution in [0.1, 0.15) is 70.7 Å². The van der Waals surface area contributed by atoms with Gasteiger partial charge in [0.25, 0.3) is 0 Å². The third-order valence-corrected chi connectivity index (χ3v) is 5.33. The zero-order chi connectivity index (χ0) is 19.8. The molecule has 1 unspecified atom stereocenters. The third kappa shape index (κ3) is 3.92. The first-order valence-corrected chi connectivity index (χ1v) is 8.89. The number of aryl methyl sites for hydroxylation is 1. The summed E-state index contributed by atoms with van der Waals surface area (Å²) in [5.74, 6) is 0. The molecule has 0 aromatic heterocycles. The Morgan fingerprint density at radius 1 is 0.720 bits per heavy atom. The fraction of sp³-hybridized carbons (Fsp3) is 0.714. The summed E-state index contributed by atoms with van der Waals surface area (Å²) < 4.78 is 0. The highest BCUT2D eigenvalue weighted by Crippen LogP contribution is 2.47. The molecule has 0 saturated carbocycles. The molecule has 4 N–H and O–H groups in total. The fourth-order valence-electron chi connectivity index (χ4n) is 3.37. The molecule has 0 spiro atoms. The van der Waals surface area contributed by atoms with Crippen molar-refractivity contribution in [2.24, 2.45) is 5.41 Å². The van der Waals surface area contributed by atoms with E-state index >= 15 is 0 Å². The van der Waals surface area contributed by atoms with Crippen LogP contribution in [-0.2, 0) is 16.4 Å². The maximum Gasteiger partial charge on any atom is 0.0996 e. The predicted molar refractivity (Wildman–Crippen MR) is 102 cm³/mol. The van der Waals surface area contributed by atoms with Crippen LogP contribution in [0.25, 0.3) is 0 Å². The van der Waals surface area contributed by atoms with Gasteiger partial charge in [-0.2, -0.15) is 0 Å². The maximum atomic E-state index is 11.6. The number of rotatable bonds is 5. The topological polar surface area (TPSA) is 80.9 Å². The van der Waals surface area contributed by atoms with Gasteiger partial charge in [0.1, 0.15) is 0 Å². The molecule has 1 aromatic carbocycles. The molecule has 1 atom stereocenters. The second kappa shape index (κ2) is 6.99. The molecule has 0 aliphatic carbocycles. The first kappa shape index (κ1) is 22.1. The predicted octanol–water partition coefficient (Wildman–Crippen LogP) is 2.76. The summed E-state index contributed by atoms with van der Waals surface area (Å²) in [4.78, 5) is 0. The molecule has 0 heterocycles. The van der Waals surface area contributed by atoms with Gasteiger partial charge in [0.2, 0.25) is 0 Å². The van der Waals surface area contributed by atoms with E-state index in [0.717, 1.165) is 16.7 Å². The first-order valence-electron chi connectivity index (χ1n) is 8.89. The van der Waals surface area contributed by atoms with Crippen molar-refractivity contribution in [3.8, 4) is 0 Å².